The molecule has 0 amide bonds. The van der Waals surface area contributed by atoms with Crippen molar-refractivity contribution in [1.29, 1.82) is 0 Å². The number of hydrogen-bond donors (Lipinski definition) is 2. The third kappa shape index (κ3) is 2.91. The van der Waals surface area contributed by atoms with Crippen molar-refractivity contribution >= 4 is 40.7 Å². The summed E-state index contributed by atoms with van der Waals surface area (Å²) < 4.78 is 0. The lowest BCUT2D eigenvalue weighted by Gasteiger charge is -2.22. The number of hydrogen-bond acceptors (Lipinski definition) is 4. The topological polar surface area (TPSA) is 73.1 Å². The predicted molar refractivity (Wildman–Crippen MR) is 89.4 cm³/mol. The van der Waals surface area contributed by atoms with E-state index in [0.717, 1.165) is 0 Å². The van der Waals surface area contributed by atoms with E-state index in [1.807, 2.05) is 0 Å². The molecule has 1 unspecified atom stereocenters. The first kappa shape index (κ1) is 15.8. The first-order chi connectivity index (χ1) is 10.9. The maximum Gasteiger partial charge on any atom is 0.361 e. The molecule has 3 rings (SSSR count). The van der Waals surface area contributed by atoms with Crippen LogP contribution in [0, 0.1) is 0 Å². The van der Waals surface area contributed by atoms with Crippen molar-refractivity contribution < 1.29 is 15.0 Å². The van der Waals surface area contributed by atoms with E-state index in [2.05, 4.69) is 4.99 Å². The van der Waals surface area contributed by atoms with Crippen LogP contribution in [-0.4, -0.2) is 34.3 Å². The number of amidine groups is 1. The number of carboxylic acid groups (broad SMARTS) is 1. The van der Waals surface area contributed by atoms with Crippen LogP contribution in [0.1, 0.15) is 5.56 Å². The Morgan fingerprint density at radius 2 is 1.78 bits per heavy atom. The zero-order chi connectivity index (χ0) is 16.6. The molecule has 0 saturated carbocycles. The Kier molecular flexibility index (Phi) is 4.02. The molecule has 2 aromatic carbocycles. The SMILES string of the molecule is O=C(O)C1(O)CN(c2ccc(Cl)cc2)C(c2ccccc2Cl)=N1. The number of rotatable bonds is 3. The normalized spacial score (nSPS) is 20.5. The highest BCUT2D eigenvalue weighted by Crippen LogP contribution is 2.31. The van der Waals surface area contributed by atoms with Gasteiger partial charge in [0, 0.05) is 16.3 Å². The number of anilines is 1. The van der Waals surface area contributed by atoms with Crippen LogP contribution in [0.15, 0.2) is 53.5 Å². The number of aliphatic hydroxyl groups is 1. The summed E-state index contributed by atoms with van der Waals surface area (Å²) in [6.45, 7) is -0.218. The van der Waals surface area contributed by atoms with E-state index in [1.54, 1.807) is 53.4 Å². The summed E-state index contributed by atoms with van der Waals surface area (Å²) >= 11 is 12.1. The fourth-order valence-electron chi connectivity index (χ4n) is 2.36. The first-order valence-corrected chi connectivity index (χ1v) is 7.50. The highest BCUT2D eigenvalue weighted by molar-refractivity contribution is 6.35. The molecular formula is C16H12Cl2N2O3. The lowest BCUT2D eigenvalue weighted by Crippen LogP contribution is -2.42. The third-order valence-corrected chi connectivity index (χ3v) is 4.10. The second-order valence-corrected chi connectivity index (χ2v) is 5.94. The smallest absolute Gasteiger partial charge is 0.361 e. The van der Waals surface area contributed by atoms with Crippen molar-refractivity contribution in [2.75, 3.05) is 11.4 Å². The average molecular weight is 351 g/mol. The average Bonchev–Trinajstić information content (AvgIpc) is 2.88. The van der Waals surface area contributed by atoms with Gasteiger partial charge in [0.1, 0.15) is 5.84 Å². The molecule has 1 aliphatic rings. The lowest BCUT2D eigenvalue weighted by atomic mass is 10.1. The third-order valence-electron chi connectivity index (χ3n) is 3.52. The number of halogens is 2. The second-order valence-electron chi connectivity index (χ2n) is 5.10. The number of nitrogens with zero attached hydrogens (tertiary/aromatic N) is 2. The minimum atomic E-state index is -2.23. The van der Waals surface area contributed by atoms with Gasteiger partial charge in [0.05, 0.1) is 11.6 Å². The van der Waals surface area contributed by atoms with Crippen LogP contribution in [0.2, 0.25) is 10.0 Å². The fraction of sp³-hybridized carbons (Fsp3) is 0.125. The summed E-state index contributed by atoms with van der Waals surface area (Å²) in [7, 11) is 0. The molecule has 1 aliphatic heterocycles. The molecule has 0 saturated heterocycles. The molecule has 0 bridgehead atoms. The molecule has 23 heavy (non-hydrogen) atoms. The van der Waals surface area contributed by atoms with Crippen LogP contribution in [0.5, 0.6) is 0 Å². The van der Waals surface area contributed by atoms with Gasteiger partial charge in [-0.2, -0.15) is 0 Å². The number of carbonyl (C=O) groups is 1. The minimum absolute atomic E-state index is 0.218. The first-order valence-electron chi connectivity index (χ1n) is 6.74. The number of benzene rings is 2. The number of aliphatic carboxylic acids is 1. The Balaban J connectivity index is 2.12. The Hall–Kier alpha value is -2.08. The van der Waals surface area contributed by atoms with Crippen molar-refractivity contribution in [2.24, 2.45) is 4.99 Å². The van der Waals surface area contributed by atoms with E-state index in [-0.39, 0.29) is 6.54 Å². The van der Waals surface area contributed by atoms with Crippen LogP contribution in [0.25, 0.3) is 0 Å². The Morgan fingerprint density at radius 3 is 2.39 bits per heavy atom. The van der Waals surface area contributed by atoms with Gasteiger partial charge in [0.2, 0.25) is 0 Å². The minimum Gasteiger partial charge on any atom is -0.478 e. The van der Waals surface area contributed by atoms with E-state index in [4.69, 9.17) is 23.2 Å². The molecule has 1 atom stereocenters. The molecule has 2 aromatic rings. The van der Waals surface area contributed by atoms with Gasteiger partial charge in [0.25, 0.3) is 5.72 Å². The van der Waals surface area contributed by atoms with Crippen LogP contribution in [-0.2, 0) is 4.79 Å². The van der Waals surface area contributed by atoms with E-state index < -0.39 is 11.7 Å². The van der Waals surface area contributed by atoms with Gasteiger partial charge in [-0.25, -0.2) is 9.79 Å². The maximum absolute atomic E-state index is 11.4. The zero-order valence-electron chi connectivity index (χ0n) is 11.8. The van der Waals surface area contributed by atoms with Gasteiger partial charge in [-0.15, -0.1) is 0 Å². The van der Waals surface area contributed by atoms with Crippen molar-refractivity contribution in [2.45, 2.75) is 5.72 Å². The molecule has 0 radical (unpaired) electrons. The van der Waals surface area contributed by atoms with E-state index in [1.165, 1.54) is 0 Å². The number of aliphatic imine (C=N–C) groups is 1. The van der Waals surface area contributed by atoms with Gasteiger partial charge in [-0.1, -0.05) is 35.3 Å². The van der Waals surface area contributed by atoms with Crippen molar-refractivity contribution in [1.82, 2.24) is 0 Å². The van der Waals surface area contributed by atoms with E-state index in [9.17, 15) is 15.0 Å². The van der Waals surface area contributed by atoms with Gasteiger partial charge in [0.15, 0.2) is 0 Å². The standard InChI is InChI=1S/C16H12Cl2N2O3/c17-10-5-7-11(8-6-10)20-9-16(23,15(21)22)19-14(20)12-3-1-2-4-13(12)18/h1-8,23H,9H2,(H,21,22). The quantitative estimate of drug-likeness (QED) is 0.892. The molecule has 1 heterocycles. The summed E-state index contributed by atoms with van der Waals surface area (Å²) in [6.07, 6.45) is 0. The summed E-state index contributed by atoms with van der Waals surface area (Å²) in [5.41, 5.74) is -1.03. The van der Waals surface area contributed by atoms with Gasteiger partial charge in [-0.05, 0) is 36.4 Å². The number of carboxylic acids is 1. The Bertz CT molecular complexity index is 792. The molecule has 0 spiro atoms. The molecule has 2 N–H and O–H groups in total. The summed E-state index contributed by atoms with van der Waals surface area (Å²) in [5, 5.41) is 20.5. The molecule has 118 valence electrons. The van der Waals surface area contributed by atoms with Gasteiger partial charge in [-0.3, -0.25) is 0 Å². The Labute approximate surface area is 142 Å². The molecular weight excluding hydrogens is 339 g/mol. The van der Waals surface area contributed by atoms with Crippen LogP contribution < -0.4 is 4.90 Å². The van der Waals surface area contributed by atoms with Gasteiger partial charge < -0.3 is 15.1 Å². The van der Waals surface area contributed by atoms with Crippen LogP contribution >= 0.6 is 23.2 Å². The maximum atomic E-state index is 11.4. The molecule has 7 heteroatoms. The lowest BCUT2D eigenvalue weighted by molar-refractivity contribution is -0.155. The highest BCUT2D eigenvalue weighted by Gasteiger charge is 2.45. The second kappa shape index (κ2) is 5.85. The summed E-state index contributed by atoms with van der Waals surface area (Å²) in [5.74, 6) is -1.12. The van der Waals surface area contributed by atoms with Crippen molar-refractivity contribution in [3.63, 3.8) is 0 Å². The van der Waals surface area contributed by atoms with Crippen molar-refractivity contribution in [3.8, 4) is 0 Å². The largest absolute Gasteiger partial charge is 0.478 e. The monoisotopic (exact) mass is 350 g/mol. The zero-order valence-corrected chi connectivity index (χ0v) is 13.3. The van der Waals surface area contributed by atoms with E-state index >= 15 is 0 Å². The highest BCUT2D eigenvalue weighted by atomic mass is 35.5. The van der Waals surface area contributed by atoms with E-state index in [0.29, 0.717) is 27.1 Å². The fourth-order valence-corrected chi connectivity index (χ4v) is 2.71. The predicted octanol–water partition coefficient (Wildman–Crippen LogP) is 3.03. The van der Waals surface area contributed by atoms with Gasteiger partial charge >= 0.3 is 5.97 Å². The molecule has 0 aliphatic carbocycles. The molecule has 0 fully saturated rings. The summed E-state index contributed by atoms with van der Waals surface area (Å²) in [6, 6.07) is 13.7. The molecule has 5 nitrogen and oxygen atoms in total. The van der Waals surface area contributed by atoms with Crippen LogP contribution in [0.3, 0.4) is 0 Å². The number of β-amino-alcohol motifs (C(OH)–C–C–N with tert-alkyl or cyclic N) is 1. The van der Waals surface area contributed by atoms with Crippen molar-refractivity contribution in [3.05, 3.63) is 64.1 Å². The van der Waals surface area contributed by atoms with Crippen LogP contribution in [0.4, 0.5) is 5.69 Å². The summed E-state index contributed by atoms with van der Waals surface area (Å²) in [4.78, 5) is 17.0. The Morgan fingerprint density at radius 1 is 1.13 bits per heavy atom. The molecule has 0 aromatic heterocycles.